The molecule has 24 heavy (non-hydrogen) atoms. The average molecular weight is 356 g/mol. The molecule has 0 radical (unpaired) electrons. The van der Waals surface area contributed by atoms with Crippen LogP contribution >= 0.6 is 0 Å². The van der Waals surface area contributed by atoms with E-state index in [0.717, 1.165) is 44.2 Å². The number of nitrogens with zero attached hydrogens (tertiary/aromatic N) is 3. The molecule has 0 unspecified atom stereocenters. The van der Waals surface area contributed by atoms with Gasteiger partial charge < -0.3 is 9.64 Å². The second-order valence-electron chi connectivity index (χ2n) is 6.18. The van der Waals surface area contributed by atoms with E-state index in [9.17, 15) is 8.42 Å². The number of hydrogen-bond donors (Lipinski definition) is 0. The lowest BCUT2D eigenvalue weighted by molar-refractivity contribution is 0.257. The zero-order valence-electron chi connectivity index (χ0n) is 14.9. The number of benzene rings is 1. The van der Waals surface area contributed by atoms with Crippen molar-refractivity contribution in [2.24, 2.45) is 0 Å². The molecule has 2 rings (SSSR count). The molecule has 1 aliphatic rings. The van der Waals surface area contributed by atoms with Gasteiger partial charge in [-0.1, -0.05) is 12.1 Å². The highest BCUT2D eigenvalue weighted by Gasteiger charge is 2.20. The predicted octanol–water partition coefficient (Wildman–Crippen LogP) is 1.49. The van der Waals surface area contributed by atoms with Crippen LogP contribution in [0.25, 0.3) is 0 Å². The summed E-state index contributed by atoms with van der Waals surface area (Å²) in [6.45, 7) is 7.25. The van der Waals surface area contributed by atoms with E-state index < -0.39 is 10.0 Å². The van der Waals surface area contributed by atoms with E-state index in [1.807, 2.05) is 25.1 Å². The van der Waals surface area contributed by atoms with Crippen molar-refractivity contribution < 1.29 is 13.2 Å². The second-order valence-corrected chi connectivity index (χ2v) is 8.48. The van der Waals surface area contributed by atoms with Crippen LogP contribution < -0.4 is 9.64 Å². The standard InChI is InChI=1S/C17H29N3O3S/c1-4-23-17-9-6-5-8-16(17)20-13-11-19(12-14-20)10-7-15-24(21,22)18(2)3/h5-6,8-9H,4,7,10-15H2,1-3H3. The number of hydrogen-bond acceptors (Lipinski definition) is 5. The topological polar surface area (TPSA) is 53.1 Å². The summed E-state index contributed by atoms with van der Waals surface area (Å²) in [5.74, 6) is 1.15. The summed E-state index contributed by atoms with van der Waals surface area (Å²) in [5.41, 5.74) is 1.15. The zero-order valence-corrected chi connectivity index (χ0v) is 15.8. The number of ether oxygens (including phenoxy) is 1. The Morgan fingerprint density at radius 3 is 2.42 bits per heavy atom. The van der Waals surface area contributed by atoms with E-state index >= 15 is 0 Å². The summed E-state index contributed by atoms with van der Waals surface area (Å²) in [7, 11) is 0.0895. The Hall–Kier alpha value is -1.31. The van der Waals surface area contributed by atoms with Crippen LogP contribution in [0.4, 0.5) is 5.69 Å². The van der Waals surface area contributed by atoms with Crippen LogP contribution in [0.2, 0.25) is 0 Å². The van der Waals surface area contributed by atoms with Gasteiger partial charge in [-0.15, -0.1) is 0 Å². The molecule has 0 saturated carbocycles. The molecule has 136 valence electrons. The number of para-hydroxylation sites is 2. The Bertz CT molecular complexity index is 611. The Kier molecular flexibility index (Phi) is 6.89. The maximum absolute atomic E-state index is 11.8. The number of rotatable bonds is 8. The molecule has 0 bridgehead atoms. The first kappa shape index (κ1) is 19.0. The molecule has 1 saturated heterocycles. The molecule has 0 atom stereocenters. The van der Waals surface area contributed by atoms with Crippen molar-refractivity contribution in [3.63, 3.8) is 0 Å². The summed E-state index contributed by atoms with van der Waals surface area (Å²) < 4.78 is 30.6. The maximum atomic E-state index is 11.8. The van der Waals surface area contributed by atoms with Crippen LogP contribution in [-0.4, -0.2) is 76.8 Å². The lowest BCUT2D eigenvalue weighted by atomic mass is 10.2. The molecule has 1 aromatic rings. The van der Waals surface area contributed by atoms with Gasteiger partial charge in [0.05, 0.1) is 18.0 Å². The minimum Gasteiger partial charge on any atom is -0.492 e. The van der Waals surface area contributed by atoms with Gasteiger partial charge in [-0.25, -0.2) is 12.7 Å². The Morgan fingerprint density at radius 1 is 1.12 bits per heavy atom. The van der Waals surface area contributed by atoms with Crippen LogP contribution in [0.15, 0.2) is 24.3 Å². The van der Waals surface area contributed by atoms with Gasteiger partial charge in [-0.2, -0.15) is 0 Å². The van der Waals surface area contributed by atoms with Crippen LogP contribution in [-0.2, 0) is 10.0 Å². The highest BCUT2D eigenvalue weighted by atomic mass is 32.2. The Labute approximate surface area is 146 Å². The van der Waals surface area contributed by atoms with E-state index in [0.29, 0.717) is 13.0 Å². The van der Waals surface area contributed by atoms with Crippen molar-refractivity contribution in [3.8, 4) is 5.75 Å². The van der Waals surface area contributed by atoms with Crippen molar-refractivity contribution >= 4 is 15.7 Å². The smallest absolute Gasteiger partial charge is 0.213 e. The van der Waals surface area contributed by atoms with Gasteiger partial charge in [-0.05, 0) is 32.0 Å². The average Bonchev–Trinajstić information content (AvgIpc) is 2.56. The van der Waals surface area contributed by atoms with Crippen LogP contribution in [0.5, 0.6) is 5.75 Å². The van der Waals surface area contributed by atoms with Crippen molar-refractivity contribution in [3.05, 3.63) is 24.3 Å². The summed E-state index contributed by atoms with van der Waals surface area (Å²) >= 11 is 0. The molecule has 0 aromatic heterocycles. The molecule has 1 heterocycles. The second kappa shape index (κ2) is 8.69. The third kappa shape index (κ3) is 5.09. The summed E-state index contributed by atoms with van der Waals surface area (Å²) in [5, 5.41) is 0. The summed E-state index contributed by atoms with van der Waals surface area (Å²) in [6, 6.07) is 8.15. The molecule has 0 aliphatic carbocycles. The molecule has 1 aliphatic heterocycles. The highest BCUT2D eigenvalue weighted by Crippen LogP contribution is 2.28. The summed E-state index contributed by atoms with van der Waals surface area (Å²) in [6.07, 6.45) is 0.677. The number of anilines is 1. The quantitative estimate of drug-likeness (QED) is 0.707. The lowest BCUT2D eigenvalue weighted by Gasteiger charge is -2.36. The van der Waals surface area contributed by atoms with Gasteiger partial charge in [-0.3, -0.25) is 4.90 Å². The first-order valence-corrected chi connectivity index (χ1v) is 10.1. The molecule has 1 aromatic carbocycles. The molecule has 0 N–H and O–H groups in total. The van der Waals surface area contributed by atoms with E-state index in [2.05, 4.69) is 15.9 Å². The predicted molar refractivity (Wildman–Crippen MR) is 98.4 cm³/mol. The fourth-order valence-corrected chi connectivity index (χ4v) is 3.72. The van der Waals surface area contributed by atoms with E-state index in [1.165, 1.54) is 4.31 Å². The normalized spacial score (nSPS) is 16.6. The van der Waals surface area contributed by atoms with E-state index in [1.54, 1.807) is 14.1 Å². The lowest BCUT2D eigenvalue weighted by Crippen LogP contribution is -2.47. The monoisotopic (exact) mass is 355 g/mol. The van der Waals surface area contributed by atoms with Crippen molar-refractivity contribution in [2.75, 3.05) is 64.1 Å². The maximum Gasteiger partial charge on any atom is 0.213 e. The Balaban J connectivity index is 1.82. The van der Waals surface area contributed by atoms with Gasteiger partial charge in [0.2, 0.25) is 10.0 Å². The molecule has 1 fully saturated rings. The van der Waals surface area contributed by atoms with Gasteiger partial charge in [0.1, 0.15) is 5.75 Å². The third-order valence-electron chi connectivity index (χ3n) is 4.31. The number of piperazine rings is 1. The fraction of sp³-hybridized carbons (Fsp3) is 0.647. The van der Waals surface area contributed by atoms with E-state index in [-0.39, 0.29) is 5.75 Å². The molecule has 6 nitrogen and oxygen atoms in total. The number of sulfonamides is 1. The third-order valence-corrected chi connectivity index (χ3v) is 6.23. The highest BCUT2D eigenvalue weighted by molar-refractivity contribution is 7.89. The molecular weight excluding hydrogens is 326 g/mol. The molecular formula is C17H29N3O3S. The van der Waals surface area contributed by atoms with Crippen molar-refractivity contribution in [1.82, 2.24) is 9.21 Å². The van der Waals surface area contributed by atoms with Crippen LogP contribution in [0.1, 0.15) is 13.3 Å². The minimum atomic E-state index is -3.08. The van der Waals surface area contributed by atoms with Gasteiger partial charge in [0.15, 0.2) is 0 Å². The van der Waals surface area contributed by atoms with Crippen LogP contribution in [0, 0.1) is 0 Å². The fourth-order valence-electron chi connectivity index (χ4n) is 2.86. The van der Waals surface area contributed by atoms with Gasteiger partial charge >= 0.3 is 0 Å². The minimum absolute atomic E-state index is 0.216. The van der Waals surface area contributed by atoms with Crippen molar-refractivity contribution in [1.29, 1.82) is 0 Å². The molecule has 0 amide bonds. The zero-order chi connectivity index (χ0) is 17.6. The summed E-state index contributed by atoms with van der Waals surface area (Å²) in [4.78, 5) is 4.68. The molecule has 0 spiro atoms. The van der Waals surface area contributed by atoms with Gasteiger partial charge in [0.25, 0.3) is 0 Å². The Morgan fingerprint density at radius 2 is 1.79 bits per heavy atom. The molecule has 7 heteroatoms. The van der Waals surface area contributed by atoms with Crippen LogP contribution in [0.3, 0.4) is 0 Å². The first-order chi connectivity index (χ1) is 11.4. The van der Waals surface area contributed by atoms with E-state index in [4.69, 9.17) is 4.74 Å². The van der Waals surface area contributed by atoms with Crippen molar-refractivity contribution in [2.45, 2.75) is 13.3 Å². The SMILES string of the molecule is CCOc1ccccc1N1CCN(CCCS(=O)(=O)N(C)C)CC1. The van der Waals surface area contributed by atoms with Gasteiger partial charge in [0, 0.05) is 40.3 Å². The largest absolute Gasteiger partial charge is 0.492 e. The first-order valence-electron chi connectivity index (χ1n) is 8.53.